The molecule has 0 unspecified atom stereocenters. The molecule has 26 heavy (non-hydrogen) atoms. The molecule has 1 atom stereocenters. The van der Waals surface area contributed by atoms with Gasteiger partial charge in [0.05, 0.1) is 12.2 Å². The number of carbonyl (C=O) groups excluding carboxylic acids is 1. The number of likely N-dealkylation sites (tertiary alicyclic amines) is 1. The van der Waals surface area contributed by atoms with Gasteiger partial charge in [-0.3, -0.25) is 9.48 Å². The second-order valence-electron chi connectivity index (χ2n) is 7.89. The molecule has 2 aliphatic heterocycles. The molecule has 1 saturated heterocycles. The Kier molecular flexibility index (Phi) is 4.04. The third-order valence-corrected chi connectivity index (χ3v) is 5.83. The van der Waals surface area contributed by atoms with E-state index in [4.69, 9.17) is 5.10 Å². The number of carbonyl (C=O) groups is 1. The van der Waals surface area contributed by atoms with Crippen LogP contribution in [0, 0.1) is 11.8 Å². The van der Waals surface area contributed by atoms with Crippen molar-refractivity contribution in [3.05, 3.63) is 24.2 Å². The van der Waals surface area contributed by atoms with Gasteiger partial charge in [-0.05, 0) is 37.7 Å². The number of imidazole rings is 1. The van der Waals surface area contributed by atoms with E-state index in [0.717, 1.165) is 70.0 Å². The van der Waals surface area contributed by atoms with Crippen LogP contribution in [0.15, 0.2) is 18.5 Å². The van der Waals surface area contributed by atoms with Gasteiger partial charge in [0.2, 0.25) is 5.91 Å². The third kappa shape index (κ3) is 3.05. The number of hydrogen-bond acceptors (Lipinski definition) is 4. The van der Waals surface area contributed by atoms with E-state index in [-0.39, 0.29) is 0 Å². The zero-order chi connectivity index (χ0) is 17.5. The van der Waals surface area contributed by atoms with Gasteiger partial charge in [0.15, 0.2) is 5.82 Å². The minimum absolute atomic E-state index is 0.322. The molecule has 0 aromatic carbocycles. The fourth-order valence-electron chi connectivity index (χ4n) is 4.27. The standard InChI is InChI=1S/C19H26N6O/c26-19(15-3-4-15)24-7-1-2-14(13-24)12-23-8-6-21-18(23)17-10-16-11-20-5-9-25(16)22-17/h6,8,10,14-15,20H,1-5,7,9,11-13H2/t14-/m0/s1. The summed E-state index contributed by atoms with van der Waals surface area (Å²) >= 11 is 0. The van der Waals surface area contributed by atoms with Crippen LogP contribution in [0.25, 0.3) is 11.5 Å². The van der Waals surface area contributed by atoms with Crippen LogP contribution < -0.4 is 5.32 Å². The average Bonchev–Trinajstić information content (AvgIpc) is 3.26. The lowest BCUT2D eigenvalue weighted by Gasteiger charge is -2.33. The van der Waals surface area contributed by atoms with Gasteiger partial charge in [-0.1, -0.05) is 0 Å². The monoisotopic (exact) mass is 354 g/mol. The number of piperidine rings is 1. The first kappa shape index (κ1) is 16.1. The zero-order valence-electron chi connectivity index (χ0n) is 15.1. The molecular weight excluding hydrogens is 328 g/mol. The first-order valence-corrected chi connectivity index (χ1v) is 9.85. The molecule has 1 aliphatic carbocycles. The number of nitrogens with zero attached hydrogens (tertiary/aromatic N) is 5. The summed E-state index contributed by atoms with van der Waals surface area (Å²) < 4.78 is 4.30. The molecule has 7 heteroatoms. The first-order chi connectivity index (χ1) is 12.8. The largest absolute Gasteiger partial charge is 0.342 e. The number of rotatable bonds is 4. The maximum Gasteiger partial charge on any atom is 0.225 e. The molecule has 1 saturated carbocycles. The van der Waals surface area contributed by atoms with E-state index in [9.17, 15) is 4.79 Å². The summed E-state index contributed by atoms with van der Waals surface area (Å²) in [6.45, 7) is 5.48. The smallest absolute Gasteiger partial charge is 0.225 e. The summed E-state index contributed by atoms with van der Waals surface area (Å²) in [7, 11) is 0. The van der Waals surface area contributed by atoms with Crippen molar-refractivity contribution < 1.29 is 4.79 Å². The fourth-order valence-corrected chi connectivity index (χ4v) is 4.27. The maximum atomic E-state index is 12.4. The Morgan fingerprint density at radius 2 is 2.19 bits per heavy atom. The quantitative estimate of drug-likeness (QED) is 0.903. The van der Waals surface area contributed by atoms with Crippen LogP contribution >= 0.6 is 0 Å². The highest BCUT2D eigenvalue weighted by Gasteiger charge is 2.35. The SMILES string of the molecule is O=C(C1CC1)N1CCC[C@@H](Cn2ccnc2-c2cc3n(n2)CCNC3)C1. The zero-order valence-corrected chi connectivity index (χ0v) is 15.1. The van der Waals surface area contributed by atoms with Gasteiger partial charge in [-0.2, -0.15) is 5.10 Å². The molecule has 2 aromatic rings. The first-order valence-electron chi connectivity index (χ1n) is 9.85. The lowest BCUT2D eigenvalue weighted by molar-refractivity contribution is -0.134. The highest BCUT2D eigenvalue weighted by Crippen LogP contribution is 2.33. The average molecular weight is 354 g/mol. The number of aromatic nitrogens is 4. The molecule has 2 fully saturated rings. The molecule has 0 radical (unpaired) electrons. The molecule has 7 nitrogen and oxygen atoms in total. The minimum atomic E-state index is 0.322. The van der Waals surface area contributed by atoms with Crippen LogP contribution in [-0.4, -0.2) is 49.8 Å². The normalized spacial score (nSPS) is 23.1. The van der Waals surface area contributed by atoms with Crippen molar-refractivity contribution in [3.8, 4) is 11.5 Å². The van der Waals surface area contributed by atoms with E-state index in [1.807, 2.05) is 12.4 Å². The van der Waals surface area contributed by atoms with Crippen molar-refractivity contribution >= 4 is 5.91 Å². The summed E-state index contributed by atoms with van der Waals surface area (Å²) in [5.74, 6) is 2.15. The molecular formula is C19H26N6O. The molecule has 0 bridgehead atoms. The second kappa shape index (κ2) is 6.54. The number of nitrogens with one attached hydrogen (secondary N) is 1. The van der Waals surface area contributed by atoms with E-state index in [0.29, 0.717) is 17.7 Å². The molecule has 1 amide bonds. The summed E-state index contributed by atoms with van der Waals surface area (Å²) in [4.78, 5) is 19.1. The Bertz CT molecular complexity index is 781. The summed E-state index contributed by atoms with van der Waals surface area (Å²) in [6, 6.07) is 2.15. The second-order valence-corrected chi connectivity index (χ2v) is 7.89. The molecule has 1 N–H and O–H groups in total. The van der Waals surface area contributed by atoms with Crippen molar-refractivity contribution in [1.29, 1.82) is 0 Å². The molecule has 4 heterocycles. The van der Waals surface area contributed by atoms with Gasteiger partial charge in [0, 0.05) is 51.0 Å². The van der Waals surface area contributed by atoms with E-state index < -0.39 is 0 Å². The third-order valence-electron chi connectivity index (χ3n) is 5.83. The van der Waals surface area contributed by atoms with Crippen LogP contribution in [-0.2, 0) is 24.4 Å². The van der Waals surface area contributed by atoms with Crippen molar-refractivity contribution in [2.75, 3.05) is 19.6 Å². The Morgan fingerprint density at radius 1 is 1.27 bits per heavy atom. The highest BCUT2D eigenvalue weighted by molar-refractivity contribution is 5.81. The molecule has 138 valence electrons. The fraction of sp³-hybridized carbons (Fsp3) is 0.632. The van der Waals surface area contributed by atoms with Crippen molar-refractivity contribution in [1.82, 2.24) is 29.5 Å². The van der Waals surface area contributed by atoms with Crippen molar-refractivity contribution in [2.45, 2.75) is 45.3 Å². The summed E-state index contributed by atoms with van der Waals surface area (Å²) in [5.41, 5.74) is 2.18. The van der Waals surface area contributed by atoms with Gasteiger partial charge in [0.1, 0.15) is 5.69 Å². The lowest BCUT2D eigenvalue weighted by Crippen LogP contribution is -2.41. The minimum Gasteiger partial charge on any atom is -0.342 e. The lowest BCUT2D eigenvalue weighted by atomic mass is 9.97. The van der Waals surface area contributed by atoms with Gasteiger partial charge in [0.25, 0.3) is 0 Å². The van der Waals surface area contributed by atoms with E-state index in [1.54, 1.807) is 0 Å². The van der Waals surface area contributed by atoms with Crippen molar-refractivity contribution in [2.24, 2.45) is 11.8 Å². The van der Waals surface area contributed by atoms with E-state index in [1.165, 1.54) is 12.1 Å². The number of hydrogen-bond donors (Lipinski definition) is 1. The highest BCUT2D eigenvalue weighted by atomic mass is 16.2. The predicted octanol–water partition coefficient (Wildman–Crippen LogP) is 1.50. The Morgan fingerprint density at radius 3 is 3.04 bits per heavy atom. The van der Waals surface area contributed by atoms with Crippen LogP contribution in [0.4, 0.5) is 0 Å². The molecule has 5 rings (SSSR count). The summed E-state index contributed by atoms with van der Waals surface area (Å²) in [5, 5.41) is 8.13. The van der Waals surface area contributed by atoms with Gasteiger partial charge < -0.3 is 14.8 Å². The van der Waals surface area contributed by atoms with E-state index >= 15 is 0 Å². The molecule has 2 aromatic heterocycles. The maximum absolute atomic E-state index is 12.4. The van der Waals surface area contributed by atoms with E-state index in [2.05, 4.69) is 30.5 Å². The molecule has 0 spiro atoms. The molecule has 3 aliphatic rings. The summed E-state index contributed by atoms with van der Waals surface area (Å²) in [6.07, 6.45) is 8.37. The van der Waals surface area contributed by atoms with Crippen LogP contribution in [0.3, 0.4) is 0 Å². The number of amides is 1. The van der Waals surface area contributed by atoms with Gasteiger partial charge >= 0.3 is 0 Å². The Labute approximate surface area is 153 Å². The Balaban J connectivity index is 1.31. The van der Waals surface area contributed by atoms with Crippen LogP contribution in [0.1, 0.15) is 31.4 Å². The Hall–Kier alpha value is -2.15. The predicted molar refractivity (Wildman–Crippen MR) is 97.2 cm³/mol. The van der Waals surface area contributed by atoms with Gasteiger partial charge in [-0.25, -0.2) is 4.98 Å². The van der Waals surface area contributed by atoms with Crippen LogP contribution in [0.2, 0.25) is 0 Å². The van der Waals surface area contributed by atoms with Crippen LogP contribution in [0.5, 0.6) is 0 Å². The number of fused-ring (bicyclic) bond motifs is 1. The van der Waals surface area contributed by atoms with Crippen molar-refractivity contribution in [3.63, 3.8) is 0 Å². The van der Waals surface area contributed by atoms with Gasteiger partial charge in [-0.15, -0.1) is 0 Å². The topological polar surface area (TPSA) is 68.0 Å².